The van der Waals surface area contributed by atoms with E-state index in [9.17, 15) is 23.1 Å². The standard InChI is InChI=1S/C19H17F3N2O4/c1-27-15-6-8-16(9-7-15)28-12-13-2-4-14(5-3-13)17(25)24-18(26,10-11-23-24)19(20,21)22/h2-9,11,26H,10,12H2,1H3/t18-/m1/s1. The molecule has 1 heterocycles. The van der Waals surface area contributed by atoms with Gasteiger partial charge in [-0.15, -0.1) is 0 Å². The smallest absolute Gasteiger partial charge is 0.438 e. The molecule has 1 aliphatic heterocycles. The van der Waals surface area contributed by atoms with Crippen molar-refractivity contribution in [1.82, 2.24) is 5.01 Å². The van der Waals surface area contributed by atoms with Gasteiger partial charge in [0, 0.05) is 18.2 Å². The number of aliphatic hydroxyl groups is 1. The number of benzene rings is 2. The van der Waals surface area contributed by atoms with Crippen molar-refractivity contribution < 1.29 is 32.5 Å². The Labute approximate surface area is 158 Å². The van der Waals surface area contributed by atoms with E-state index in [0.29, 0.717) is 17.1 Å². The number of hydrogen-bond acceptors (Lipinski definition) is 5. The molecule has 0 saturated heterocycles. The molecular formula is C19H17F3N2O4. The zero-order valence-corrected chi connectivity index (χ0v) is 14.8. The van der Waals surface area contributed by atoms with Gasteiger partial charge < -0.3 is 14.6 Å². The Hall–Kier alpha value is -3.07. The van der Waals surface area contributed by atoms with E-state index >= 15 is 0 Å². The summed E-state index contributed by atoms with van der Waals surface area (Å²) in [7, 11) is 1.56. The first kappa shape index (κ1) is 19.7. The second-order valence-electron chi connectivity index (χ2n) is 6.09. The van der Waals surface area contributed by atoms with Crippen LogP contribution in [0.5, 0.6) is 11.5 Å². The average molecular weight is 394 g/mol. The molecule has 6 nitrogen and oxygen atoms in total. The molecule has 0 aromatic heterocycles. The maximum absolute atomic E-state index is 13.1. The van der Waals surface area contributed by atoms with Crippen molar-refractivity contribution in [3.63, 3.8) is 0 Å². The molecule has 0 bridgehead atoms. The van der Waals surface area contributed by atoms with Gasteiger partial charge in [-0.25, -0.2) is 0 Å². The molecule has 1 amide bonds. The SMILES string of the molecule is COc1ccc(OCc2ccc(C(=O)N3N=CC[C@@]3(O)C(F)(F)F)cc2)cc1. The van der Waals surface area contributed by atoms with E-state index in [0.717, 1.165) is 6.21 Å². The van der Waals surface area contributed by atoms with E-state index in [4.69, 9.17) is 9.47 Å². The van der Waals surface area contributed by atoms with Crippen molar-refractivity contribution >= 4 is 12.1 Å². The third kappa shape index (κ3) is 3.79. The molecule has 1 N–H and O–H groups in total. The molecule has 3 rings (SSSR count). The van der Waals surface area contributed by atoms with Gasteiger partial charge in [-0.2, -0.15) is 23.3 Å². The van der Waals surface area contributed by atoms with Gasteiger partial charge in [-0.1, -0.05) is 12.1 Å². The second kappa shape index (κ2) is 7.51. The van der Waals surface area contributed by atoms with E-state index in [1.807, 2.05) is 0 Å². The summed E-state index contributed by atoms with van der Waals surface area (Å²) in [4.78, 5) is 12.4. The van der Waals surface area contributed by atoms with Crippen molar-refractivity contribution in [3.8, 4) is 11.5 Å². The Morgan fingerprint density at radius 3 is 2.32 bits per heavy atom. The normalized spacial score (nSPS) is 19.0. The first-order chi connectivity index (χ1) is 13.2. The second-order valence-corrected chi connectivity index (χ2v) is 6.09. The van der Waals surface area contributed by atoms with E-state index in [2.05, 4.69) is 5.10 Å². The lowest BCUT2D eigenvalue weighted by Gasteiger charge is -2.32. The van der Waals surface area contributed by atoms with Gasteiger partial charge in [-0.05, 0) is 42.0 Å². The summed E-state index contributed by atoms with van der Waals surface area (Å²) in [5.74, 6) is 0.261. The molecule has 0 aliphatic carbocycles. The number of rotatable bonds is 5. The van der Waals surface area contributed by atoms with Gasteiger partial charge in [0.05, 0.1) is 7.11 Å². The minimum atomic E-state index is -5.02. The third-order valence-electron chi connectivity index (χ3n) is 4.24. The van der Waals surface area contributed by atoms with Crippen LogP contribution in [0.3, 0.4) is 0 Å². The fourth-order valence-corrected chi connectivity index (χ4v) is 2.59. The molecular weight excluding hydrogens is 377 g/mol. The predicted molar refractivity (Wildman–Crippen MR) is 94.1 cm³/mol. The lowest BCUT2D eigenvalue weighted by Crippen LogP contribution is -2.56. The number of hydrogen-bond donors (Lipinski definition) is 1. The van der Waals surface area contributed by atoms with Crippen molar-refractivity contribution in [2.24, 2.45) is 5.10 Å². The van der Waals surface area contributed by atoms with Crippen LogP contribution in [-0.2, 0) is 6.61 Å². The highest BCUT2D eigenvalue weighted by Crippen LogP contribution is 2.39. The van der Waals surface area contributed by atoms with Crippen LogP contribution < -0.4 is 9.47 Å². The van der Waals surface area contributed by atoms with Crippen LogP contribution in [0.2, 0.25) is 0 Å². The summed E-state index contributed by atoms with van der Waals surface area (Å²) >= 11 is 0. The van der Waals surface area contributed by atoms with Gasteiger partial charge in [-0.3, -0.25) is 4.79 Å². The maximum atomic E-state index is 13.1. The first-order valence-electron chi connectivity index (χ1n) is 8.26. The molecule has 1 atom stereocenters. The van der Waals surface area contributed by atoms with Gasteiger partial charge in [0.2, 0.25) is 0 Å². The van der Waals surface area contributed by atoms with Crippen LogP contribution in [0.15, 0.2) is 53.6 Å². The predicted octanol–water partition coefficient (Wildman–Crippen LogP) is 3.36. The molecule has 0 fully saturated rings. The quantitative estimate of drug-likeness (QED) is 0.844. The summed E-state index contributed by atoms with van der Waals surface area (Å²) in [6.45, 7) is 0.204. The summed E-state index contributed by atoms with van der Waals surface area (Å²) < 4.78 is 50.0. The molecule has 2 aromatic rings. The fraction of sp³-hybridized carbons (Fsp3) is 0.263. The Bertz CT molecular complexity index is 866. The monoisotopic (exact) mass is 394 g/mol. The Balaban J connectivity index is 1.66. The van der Waals surface area contributed by atoms with Crippen LogP contribution in [0, 0.1) is 0 Å². The number of carbonyl (C=O) groups excluding carboxylic acids is 1. The van der Waals surface area contributed by atoms with Crippen molar-refractivity contribution in [3.05, 3.63) is 59.7 Å². The summed E-state index contributed by atoms with van der Waals surface area (Å²) in [6.07, 6.45) is -4.97. The Kier molecular flexibility index (Phi) is 5.28. The molecule has 0 spiro atoms. The number of halogens is 3. The Morgan fingerprint density at radius 1 is 1.14 bits per heavy atom. The maximum Gasteiger partial charge on any atom is 0.438 e. The molecule has 9 heteroatoms. The number of methoxy groups -OCH3 is 1. The lowest BCUT2D eigenvalue weighted by atomic mass is 10.1. The van der Waals surface area contributed by atoms with E-state index < -0.39 is 24.2 Å². The van der Waals surface area contributed by atoms with Crippen LogP contribution in [-0.4, -0.2) is 41.2 Å². The van der Waals surface area contributed by atoms with E-state index in [1.54, 1.807) is 43.5 Å². The lowest BCUT2D eigenvalue weighted by molar-refractivity contribution is -0.297. The molecule has 2 aromatic carbocycles. The van der Waals surface area contributed by atoms with Crippen molar-refractivity contribution in [2.45, 2.75) is 24.9 Å². The highest BCUT2D eigenvalue weighted by molar-refractivity contribution is 5.95. The fourth-order valence-electron chi connectivity index (χ4n) is 2.59. The molecule has 0 radical (unpaired) electrons. The molecule has 28 heavy (non-hydrogen) atoms. The van der Waals surface area contributed by atoms with Crippen LogP contribution in [0.25, 0.3) is 0 Å². The van der Waals surface area contributed by atoms with E-state index in [1.165, 1.54) is 12.1 Å². The van der Waals surface area contributed by atoms with E-state index in [-0.39, 0.29) is 17.2 Å². The minimum Gasteiger partial charge on any atom is -0.497 e. The number of hydrazone groups is 1. The molecule has 148 valence electrons. The van der Waals surface area contributed by atoms with Gasteiger partial charge >= 0.3 is 6.18 Å². The van der Waals surface area contributed by atoms with Crippen molar-refractivity contribution in [2.75, 3.05) is 7.11 Å². The summed E-state index contributed by atoms with van der Waals surface area (Å²) in [6, 6.07) is 12.8. The zero-order chi connectivity index (χ0) is 20.4. The highest BCUT2D eigenvalue weighted by atomic mass is 19.4. The van der Waals surface area contributed by atoms with Crippen LogP contribution in [0.4, 0.5) is 13.2 Å². The largest absolute Gasteiger partial charge is 0.497 e. The number of alkyl halides is 3. The molecule has 0 unspecified atom stereocenters. The van der Waals surface area contributed by atoms with Gasteiger partial charge in [0.25, 0.3) is 11.6 Å². The van der Waals surface area contributed by atoms with Gasteiger partial charge in [0.1, 0.15) is 18.1 Å². The summed E-state index contributed by atoms with van der Waals surface area (Å²) in [5, 5.41) is 13.3. The first-order valence-corrected chi connectivity index (χ1v) is 8.26. The molecule has 1 aliphatic rings. The average Bonchev–Trinajstić information content (AvgIpc) is 3.09. The number of nitrogens with zero attached hydrogens (tertiary/aromatic N) is 2. The number of carbonyl (C=O) groups is 1. The highest BCUT2D eigenvalue weighted by Gasteiger charge is 2.61. The zero-order valence-electron chi connectivity index (χ0n) is 14.8. The summed E-state index contributed by atoms with van der Waals surface area (Å²) in [5.41, 5.74) is -2.65. The number of amides is 1. The van der Waals surface area contributed by atoms with Crippen LogP contribution >= 0.6 is 0 Å². The molecule has 0 saturated carbocycles. The van der Waals surface area contributed by atoms with Gasteiger partial charge in [0.15, 0.2) is 0 Å². The Morgan fingerprint density at radius 2 is 1.75 bits per heavy atom. The number of ether oxygens (including phenoxy) is 2. The topological polar surface area (TPSA) is 71.4 Å². The minimum absolute atomic E-state index is 0.0325. The van der Waals surface area contributed by atoms with Crippen LogP contribution in [0.1, 0.15) is 22.3 Å². The van der Waals surface area contributed by atoms with Crippen molar-refractivity contribution in [1.29, 1.82) is 0 Å². The third-order valence-corrected chi connectivity index (χ3v) is 4.24.